The number of rotatable bonds is 6. The lowest BCUT2D eigenvalue weighted by Gasteiger charge is -2.27. The van der Waals surface area contributed by atoms with Gasteiger partial charge in [0, 0.05) is 25.2 Å². The molecule has 1 aliphatic carbocycles. The van der Waals surface area contributed by atoms with Gasteiger partial charge in [0.25, 0.3) is 0 Å². The molecule has 2 aromatic rings. The van der Waals surface area contributed by atoms with E-state index in [-0.39, 0.29) is 24.3 Å². The smallest absolute Gasteiger partial charge is 0.416 e. The third-order valence-corrected chi connectivity index (χ3v) is 5.18. The van der Waals surface area contributed by atoms with Crippen molar-refractivity contribution in [2.75, 3.05) is 0 Å². The van der Waals surface area contributed by atoms with E-state index in [0.29, 0.717) is 11.4 Å². The molecular formula is C19H21F3N4O2. The first kappa shape index (κ1) is 20.0. The second-order valence-electron chi connectivity index (χ2n) is 6.94. The number of halogens is 3. The molecule has 150 valence electrons. The van der Waals surface area contributed by atoms with Crippen LogP contribution in [0.15, 0.2) is 30.5 Å². The van der Waals surface area contributed by atoms with E-state index in [0.717, 1.165) is 56.1 Å². The Morgan fingerprint density at radius 2 is 2.04 bits per heavy atom. The lowest BCUT2D eigenvalue weighted by molar-refractivity contribution is -0.137. The lowest BCUT2D eigenvalue weighted by Crippen LogP contribution is -2.18. The van der Waals surface area contributed by atoms with Gasteiger partial charge in [-0.2, -0.15) is 13.2 Å². The first-order valence-corrected chi connectivity index (χ1v) is 8.97. The summed E-state index contributed by atoms with van der Waals surface area (Å²) in [4.78, 5) is 14.7. The molecule has 0 radical (unpaired) electrons. The number of carbonyl (C=O) groups is 1. The van der Waals surface area contributed by atoms with Gasteiger partial charge in [-0.3, -0.25) is 4.79 Å². The Bertz CT molecular complexity index is 855. The molecular weight excluding hydrogens is 373 g/mol. The molecule has 1 fully saturated rings. The fraction of sp³-hybridized carbons (Fsp3) is 0.474. The van der Waals surface area contributed by atoms with E-state index in [4.69, 9.17) is 4.74 Å². The van der Waals surface area contributed by atoms with E-state index in [2.05, 4.69) is 21.8 Å². The van der Waals surface area contributed by atoms with Gasteiger partial charge in [-0.1, -0.05) is 6.58 Å². The van der Waals surface area contributed by atoms with Crippen LogP contribution in [0.25, 0.3) is 0 Å². The highest BCUT2D eigenvalue weighted by Crippen LogP contribution is 2.37. The largest absolute Gasteiger partial charge is 0.469 e. The molecule has 0 amide bonds. The van der Waals surface area contributed by atoms with Crippen molar-refractivity contribution in [1.29, 1.82) is 0 Å². The summed E-state index contributed by atoms with van der Waals surface area (Å²) in [5.74, 6) is 1.64. The Morgan fingerprint density at radius 3 is 2.68 bits per heavy atom. The molecule has 0 aromatic carbocycles. The highest BCUT2D eigenvalue weighted by Gasteiger charge is 2.31. The number of ether oxygens (including phenoxy) is 1. The number of aromatic nitrogens is 4. The van der Waals surface area contributed by atoms with Crippen LogP contribution in [0.1, 0.15) is 48.8 Å². The van der Waals surface area contributed by atoms with Crippen LogP contribution >= 0.6 is 0 Å². The monoisotopic (exact) mass is 394 g/mol. The topological polar surface area (TPSA) is 69.9 Å². The number of carbonyl (C=O) groups excluding carboxylic acids is 1. The van der Waals surface area contributed by atoms with Crippen LogP contribution in [0, 0.1) is 5.92 Å². The summed E-state index contributed by atoms with van der Waals surface area (Å²) in [7, 11) is 1.81. The maximum atomic E-state index is 12.8. The number of nitrogens with zero attached hydrogens (tertiary/aromatic N) is 4. The summed E-state index contributed by atoms with van der Waals surface area (Å²) in [6.07, 6.45) is 0.923. The van der Waals surface area contributed by atoms with Crippen molar-refractivity contribution in [3.05, 3.63) is 47.7 Å². The Labute approximate surface area is 160 Å². The molecule has 0 bridgehead atoms. The Hall–Kier alpha value is -2.71. The molecule has 6 nitrogen and oxygen atoms in total. The van der Waals surface area contributed by atoms with Gasteiger partial charge in [0.2, 0.25) is 5.88 Å². The summed E-state index contributed by atoms with van der Waals surface area (Å²) >= 11 is 0. The van der Waals surface area contributed by atoms with Crippen LogP contribution in [-0.2, 0) is 24.6 Å². The molecule has 3 rings (SSSR count). The van der Waals surface area contributed by atoms with Crippen LogP contribution in [0.5, 0.6) is 5.88 Å². The Balaban J connectivity index is 1.63. The van der Waals surface area contributed by atoms with Crippen molar-refractivity contribution in [1.82, 2.24) is 19.7 Å². The number of hydrogen-bond donors (Lipinski definition) is 0. The highest BCUT2D eigenvalue weighted by atomic mass is 19.4. The van der Waals surface area contributed by atoms with Gasteiger partial charge in [-0.05, 0) is 43.2 Å². The van der Waals surface area contributed by atoms with Crippen LogP contribution in [0.4, 0.5) is 13.2 Å². The van der Waals surface area contributed by atoms with Crippen LogP contribution in [0.2, 0.25) is 0 Å². The third kappa shape index (κ3) is 4.40. The highest BCUT2D eigenvalue weighted by molar-refractivity contribution is 5.72. The first-order valence-electron chi connectivity index (χ1n) is 8.97. The van der Waals surface area contributed by atoms with Crippen LogP contribution < -0.4 is 4.74 Å². The molecule has 2 heterocycles. The fourth-order valence-corrected chi connectivity index (χ4v) is 3.48. The quantitative estimate of drug-likeness (QED) is 0.550. The SMILES string of the molecule is C=C(C=O)C1CCC(c2nnc(COc3cc(C(F)(F)F)ccn3)n2C)CC1. The van der Waals surface area contributed by atoms with Gasteiger partial charge < -0.3 is 9.30 Å². The summed E-state index contributed by atoms with van der Waals surface area (Å²) in [5.41, 5.74) is -0.177. The number of allylic oxidation sites excluding steroid dienone is 1. The first-order chi connectivity index (χ1) is 13.3. The van der Waals surface area contributed by atoms with E-state index < -0.39 is 11.7 Å². The zero-order valence-electron chi connectivity index (χ0n) is 15.4. The molecule has 28 heavy (non-hydrogen) atoms. The standard InChI is InChI=1S/C19H21F3N4O2/c1-12(10-27)13-3-5-14(6-4-13)18-25-24-16(26(18)2)11-28-17-9-15(7-8-23-17)19(20,21)22/h7-10,13-14H,1,3-6,11H2,2H3. The zero-order valence-corrected chi connectivity index (χ0v) is 15.4. The van der Waals surface area contributed by atoms with Gasteiger partial charge in [0.05, 0.1) is 5.56 Å². The normalized spacial score (nSPS) is 20.0. The second-order valence-corrected chi connectivity index (χ2v) is 6.94. The number of hydrogen-bond acceptors (Lipinski definition) is 5. The molecule has 0 saturated heterocycles. The predicted molar refractivity (Wildman–Crippen MR) is 94.5 cm³/mol. The lowest BCUT2D eigenvalue weighted by atomic mass is 9.79. The van der Waals surface area contributed by atoms with Crippen LogP contribution in [-0.4, -0.2) is 26.0 Å². The van der Waals surface area contributed by atoms with Crippen molar-refractivity contribution in [3.8, 4) is 5.88 Å². The van der Waals surface area contributed by atoms with E-state index in [1.54, 1.807) is 0 Å². The minimum atomic E-state index is -4.45. The van der Waals surface area contributed by atoms with Gasteiger partial charge >= 0.3 is 6.18 Å². The molecule has 2 aromatic heterocycles. The average molecular weight is 394 g/mol. The summed E-state index contributed by atoms with van der Waals surface area (Å²) in [6.45, 7) is 3.76. The zero-order chi connectivity index (χ0) is 20.3. The minimum Gasteiger partial charge on any atom is -0.469 e. The van der Waals surface area contributed by atoms with E-state index >= 15 is 0 Å². The number of alkyl halides is 3. The van der Waals surface area contributed by atoms with Gasteiger partial charge in [-0.15, -0.1) is 10.2 Å². The maximum absolute atomic E-state index is 12.8. The van der Waals surface area contributed by atoms with Crippen molar-refractivity contribution in [2.45, 2.75) is 44.4 Å². The summed E-state index contributed by atoms with van der Waals surface area (Å²) in [6, 6.07) is 1.75. The second kappa shape index (κ2) is 8.12. The summed E-state index contributed by atoms with van der Waals surface area (Å²) < 4.78 is 45.5. The third-order valence-electron chi connectivity index (χ3n) is 5.18. The van der Waals surface area contributed by atoms with Crippen molar-refractivity contribution < 1.29 is 22.7 Å². The molecule has 9 heteroatoms. The van der Waals surface area contributed by atoms with E-state index in [1.165, 1.54) is 0 Å². The minimum absolute atomic E-state index is 0.0326. The molecule has 0 spiro atoms. The molecule has 0 N–H and O–H groups in total. The fourth-order valence-electron chi connectivity index (χ4n) is 3.48. The summed E-state index contributed by atoms with van der Waals surface area (Å²) in [5, 5.41) is 8.35. The Kier molecular flexibility index (Phi) is 5.81. The van der Waals surface area contributed by atoms with E-state index in [9.17, 15) is 18.0 Å². The van der Waals surface area contributed by atoms with Crippen molar-refractivity contribution in [2.24, 2.45) is 13.0 Å². The molecule has 1 aliphatic rings. The molecule has 0 atom stereocenters. The molecule has 1 saturated carbocycles. The predicted octanol–water partition coefficient (Wildman–Crippen LogP) is 3.84. The Morgan fingerprint density at radius 1 is 1.32 bits per heavy atom. The molecule has 0 unspecified atom stereocenters. The van der Waals surface area contributed by atoms with Gasteiger partial charge in [0.15, 0.2) is 5.82 Å². The van der Waals surface area contributed by atoms with Crippen molar-refractivity contribution in [3.63, 3.8) is 0 Å². The average Bonchev–Trinajstić information content (AvgIpc) is 3.06. The van der Waals surface area contributed by atoms with Crippen LogP contribution in [0.3, 0.4) is 0 Å². The number of pyridine rings is 1. The molecule has 0 aliphatic heterocycles. The number of aldehydes is 1. The maximum Gasteiger partial charge on any atom is 0.416 e. The van der Waals surface area contributed by atoms with E-state index in [1.807, 2.05) is 11.6 Å². The van der Waals surface area contributed by atoms with Gasteiger partial charge in [0.1, 0.15) is 18.7 Å². The van der Waals surface area contributed by atoms with Crippen molar-refractivity contribution >= 4 is 6.29 Å². The van der Waals surface area contributed by atoms with Gasteiger partial charge in [-0.25, -0.2) is 4.98 Å².